The molecule has 10 nitrogen and oxygen atoms in total. The molecule has 1 rings (SSSR count). The highest BCUT2D eigenvalue weighted by atomic mass is 31.2. The average Bonchev–Trinajstić information content (AvgIpc) is 2.37. The van der Waals surface area contributed by atoms with Crippen molar-refractivity contribution in [3.8, 4) is 0 Å². The summed E-state index contributed by atoms with van der Waals surface area (Å²) in [4.78, 5) is 9.19. The van der Waals surface area contributed by atoms with Gasteiger partial charge in [0, 0.05) is 6.54 Å². The van der Waals surface area contributed by atoms with Crippen LogP contribution in [0.25, 0.3) is 0 Å². The second-order valence-electron chi connectivity index (χ2n) is 3.92. The molecular weight excluding hydrogens is 285 g/mol. The Kier molecular flexibility index (Phi) is 6.27. The number of hydrogen-bond donors (Lipinski definition) is 6. The Morgan fingerprint density at radius 3 is 2.32 bits per heavy atom. The van der Waals surface area contributed by atoms with Gasteiger partial charge in [-0.25, -0.2) is 4.57 Å². The first-order valence-corrected chi connectivity index (χ1v) is 6.97. The largest absolute Gasteiger partial charge is 0.472 e. The molecule has 7 N–H and O–H groups in total. The van der Waals surface area contributed by atoms with Crippen LogP contribution >= 0.6 is 7.82 Å². The van der Waals surface area contributed by atoms with E-state index in [1.807, 2.05) is 0 Å². The summed E-state index contributed by atoms with van der Waals surface area (Å²) in [6, 6.07) is 0. The van der Waals surface area contributed by atoms with Crippen LogP contribution in [0.2, 0.25) is 0 Å². The van der Waals surface area contributed by atoms with Crippen LogP contribution in [0.3, 0.4) is 0 Å². The minimum absolute atomic E-state index is 0.0140. The summed E-state index contributed by atoms with van der Waals surface area (Å²) in [5.41, 5.74) is 5.08. The standard InChI is InChI=1S/C8H18NO9P/c9-1-2-16-19(14,15)17-3-4-5(10)6(11)7(12)8(13)18-4/h4-8,10-13H,1-3,9H2,(H,14,15)/t4-,5+,6+,7-,8-/m1/s1. The Bertz CT molecular complexity index is 329. The van der Waals surface area contributed by atoms with E-state index in [0.717, 1.165) is 0 Å². The van der Waals surface area contributed by atoms with Gasteiger partial charge in [-0.1, -0.05) is 0 Å². The van der Waals surface area contributed by atoms with E-state index in [9.17, 15) is 29.9 Å². The second kappa shape index (κ2) is 7.04. The fraction of sp³-hybridized carbons (Fsp3) is 1.00. The van der Waals surface area contributed by atoms with E-state index in [1.165, 1.54) is 0 Å². The zero-order valence-corrected chi connectivity index (χ0v) is 10.8. The van der Waals surface area contributed by atoms with Crippen LogP contribution in [-0.4, -0.2) is 75.8 Å². The van der Waals surface area contributed by atoms with Gasteiger partial charge >= 0.3 is 7.82 Å². The van der Waals surface area contributed by atoms with Gasteiger partial charge in [-0.15, -0.1) is 0 Å². The highest BCUT2D eigenvalue weighted by Crippen LogP contribution is 2.43. The van der Waals surface area contributed by atoms with Crippen molar-refractivity contribution < 1.29 is 43.7 Å². The molecule has 0 aromatic heterocycles. The molecule has 1 aliphatic heterocycles. The monoisotopic (exact) mass is 303 g/mol. The zero-order chi connectivity index (χ0) is 14.6. The Hall–Kier alpha value is -0.130. The summed E-state index contributed by atoms with van der Waals surface area (Å²) in [6.07, 6.45) is -7.97. The van der Waals surface area contributed by atoms with E-state index in [4.69, 9.17) is 10.5 Å². The number of aliphatic hydroxyl groups is 4. The molecule has 11 heteroatoms. The van der Waals surface area contributed by atoms with E-state index >= 15 is 0 Å². The lowest BCUT2D eigenvalue weighted by molar-refractivity contribution is -0.285. The zero-order valence-electron chi connectivity index (χ0n) is 9.90. The molecule has 0 spiro atoms. The summed E-state index contributed by atoms with van der Waals surface area (Å²) in [7, 11) is -4.35. The first kappa shape index (κ1) is 16.9. The first-order chi connectivity index (χ1) is 8.78. The molecule has 19 heavy (non-hydrogen) atoms. The van der Waals surface area contributed by atoms with Crippen molar-refractivity contribution in [2.75, 3.05) is 19.8 Å². The van der Waals surface area contributed by atoms with Crippen LogP contribution in [0.15, 0.2) is 0 Å². The van der Waals surface area contributed by atoms with Crippen LogP contribution in [0, 0.1) is 0 Å². The van der Waals surface area contributed by atoms with Crippen molar-refractivity contribution in [1.82, 2.24) is 0 Å². The summed E-state index contributed by atoms with van der Waals surface area (Å²) in [6.45, 7) is -0.813. The van der Waals surface area contributed by atoms with E-state index in [2.05, 4.69) is 9.05 Å². The van der Waals surface area contributed by atoms with Crippen LogP contribution in [-0.2, 0) is 18.3 Å². The van der Waals surface area contributed by atoms with E-state index in [1.54, 1.807) is 0 Å². The fourth-order valence-electron chi connectivity index (χ4n) is 1.44. The van der Waals surface area contributed by atoms with Crippen molar-refractivity contribution in [3.63, 3.8) is 0 Å². The summed E-state index contributed by atoms with van der Waals surface area (Å²) >= 11 is 0. The average molecular weight is 303 g/mol. The molecule has 1 unspecified atom stereocenters. The molecule has 0 saturated carbocycles. The minimum atomic E-state index is -4.35. The number of hydrogen-bond acceptors (Lipinski definition) is 9. The molecule has 0 aromatic carbocycles. The number of phosphoric ester groups is 1. The number of ether oxygens (including phenoxy) is 1. The SMILES string of the molecule is NCCOP(=O)(O)OC[C@H]1O[C@@H](O)[C@H](O)[C@@H](O)[C@H]1O. The molecule has 1 saturated heterocycles. The number of nitrogens with two attached hydrogens (primary N) is 1. The van der Waals surface area contributed by atoms with E-state index in [0.29, 0.717) is 0 Å². The van der Waals surface area contributed by atoms with Gasteiger partial charge in [-0.05, 0) is 0 Å². The van der Waals surface area contributed by atoms with Gasteiger partial charge < -0.3 is 35.8 Å². The summed E-state index contributed by atoms with van der Waals surface area (Å²) in [5.74, 6) is 0. The number of aliphatic hydroxyl groups excluding tert-OH is 4. The lowest BCUT2D eigenvalue weighted by Crippen LogP contribution is -2.58. The molecule has 0 bridgehead atoms. The Labute approximate surface area is 108 Å². The van der Waals surface area contributed by atoms with Crippen molar-refractivity contribution in [1.29, 1.82) is 0 Å². The van der Waals surface area contributed by atoms with Gasteiger partial charge in [0.15, 0.2) is 6.29 Å². The van der Waals surface area contributed by atoms with Crippen LogP contribution in [0.1, 0.15) is 0 Å². The third kappa shape index (κ3) is 4.72. The molecule has 0 aromatic rings. The van der Waals surface area contributed by atoms with Gasteiger partial charge in [0.2, 0.25) is 0 Å². The number of rotatable bonds is 6. The highest BCUT2D eigenvalue weighted by molar-refractivity contribution is 7.47. The van der Waals surface area contributed by atoms with Gasteiger partial charge in [0.05, 0.1) is 13.2 Å². The lowest BCUT2D eigenvalue weighted by atomic mass is 10.00. The fourth-order valence-corrected chi connectivity index (χ4v) is 2.19. The van der Waals surface area contributed by atoms with Crippen molar-refractivity contribution in [3.05, 3.63) is 0 Å². The van der Waals surface area contributed by atoms with Crippen molar-refractivity contribution in [2.45, 2.75) is 30.7 Å². The van der Waals surface area contributed by atoms with Gasteiger partial charge in [-0.3, -0.25) is 9.05 Å². The third-order valence-corrected chi connectivity index (χ3v) is 3.45. The van der Waals surface area contributed by atoms with Crippen molar-refractivity contribution in [2.24, 2.45) is 5.73 Å². The van der Waals surface area contributed by atoms with Gasteiger partial charge in [-0.2, -0.15) is 0 Å². The molecular formula is C8H18NO9P. The topological polar surface area (TPSA) is 172 Å². The van der Waals surface area contributed by atoms with E-state index < -0.39 is 45.1 Å². The van der Waals surface area contributed by atoms with Crippen LogP contribution < -0.4 is 5.73 Å². The maximum Gasteiger partial charge on any atom is 0.472 e. The maximum atomic E-state index is 11.3. The number of phosphoric acid groups is 1. The third-order valence-electron chi connectivity index (χ3n) is 2.46. The molecule has 1 heterocycles. The summed E-state index contributed by atoms with van der Waals surface area (Å²) in [5, 5.41) is 37.4. The Morgan fingerprint density at radius 1 is 1.11 bits per heavy atom. The molecule has 0 radical (unpaired) electrons. The second-order valence-corrected chi connectivity index (χ2v) is 5.38. The molecule has 114 valence electrons. The molecule has 1 aliphatic rings. The Balaban J connectivity index is 2.50. The quantitative estimate of drug-likeness (QED) is 0.276. The van der Waals surface area contributed by atoms with Gasteiger partial charge in [0.1, 0.15) is 24.4 Å². The Morgan fingerprint density at radius 2 is 1.74 bits per heavy atom. The molecule has 6 atom stereocenters. The molecule has 1 fully saturated rings. The van der Waals surface area contributed by atoms with Gasteiger partial charge in [0.25, 0.3) is 0 Å². The predicted molar refractivity (Wildman–Crippen MR) is 59.7 cm³/mol. The lowest BCUT2D eigenvalue weighted by Gasteiger charge is -2.38. The molecule has 0 aliphatic carbocycles. The van der Waals surface area contributed by atoms with E-state index in [-0.39, 0.29) is 13.2 Å². The summed E-state index contributed by atoms with van der Waals surface area (Å²) < 4.78 is 25.0. The highest BCUT2D eigenvalue weighted by Gasteiger charge is 2.43. The maximum absolute atomic E-state index is 11.3. The predicted octanol–water partition coefficient (Wildman–Crippen LogP) is -3.12. The minimum Gasteiger partial charge on any atom is -0.387 e. The van der Waals surface area contributed by atoms with Crippen LogP contribution in [0.5, 0.6) is 0 Å². The van der Waals surface area contributed by atoms with Crippen molar-refractivity contribution >= 4 is 7.82 Å². The van der Waals surface area contributed by atoms with Crippen LogP contribution in [0.4, 0.5) is 0 Å². The molecule has 0 amide bonds. The normalized spacial score (nSPS) is 38.9. The smallest absolute Gasteiger partial charge is 0.387 e. The first-order valence-electron chi connectivity index (χ1n) is 5.48.